The van der Waals surface area contributed by atoms with Crippen LogP contribution in [-0.4, -0.2) is 46.3 Å². The van der Waals surface area contributed by atoms with E-state index in [1.165, 1.54) is 19.3 Å². The van der Waals surface area contributed by atoms with Crippen LogP contribution in [0.25, 0.3) is 0 Å². The zero-order chi connectivity index (χ0) is 12.0. The standard InChI is InChI=1S/C11H23N3O2/c1-9(8-11(12)13-16)14(6-3-7-15)10-4-2-5-10/h9-10,15-16H,2-8H2,1H3,(H2,12,13). The van der Waals surface area contributed by atoms with Crippen LogP contribution in [0, 0.1) is 0 Å². The van der Waals surface area contributed by atoms with Crippen LogP contribution in [0.1, 0.15) is 39.0 Å². The molecule has 94 valence electrons. The lowest BCUT2D eigenvalue weighted by molar-refractivity contribution is 0.0812. The van der Waals surface area contributed by atoms with Crippen LogP contribution >= 0.6 is 0 Å². The van der Waals surface area contributed by atoms with Gasteiger partial charge in [0.2, 0.25) is 0 Å². The second kappa shape index (κ2) is 6.70. The third-order valence-electron chi connectivity index (χ3n) is 3.32. The highest BCUT2D eigenvalue weighted by Gasteiger charge is 2.28. The number of aliphatic hydroxyl groups excluding tert-OH is 1. The average Bonchev–Trinajstić information content (AvgIpc) is 2.20. The van der Waals surface area contributed by atoms with E-state index in [9.17, 15) is 0 Å². The van der Waals surface area contributed by atoms with Crippen molar-refractivity contribution in [2.45, 2.75) is 51.1 Å². The fourth-order valence-electron chi connectivity index (χ4n) is 2.20. The number of oxime groups is 1. The first-order valence-electron chi connectivity index (χ1n) is 6.02. The van der Waals surface area contributed by atoms with Crippen LogP contribution in [0.3, 0.4) is 0 Å². The Morgan fingerprint density at radius 1 is 1.56 bits per heavy atom. The van der Waals surface area contributed by atoms with Crippen LogP contribution in [-0.2, 0) is 0 Å². The van der Waals surface area contributed by atoms with Crippen molar-refractivity contribution in [3.8, 4) is 0 Å². The monoisotopic (exact) mass is 229 g/mol. The zero-order valence-electron chi connectivity index (χ0n) is 9.97. The molecule has 0 aromatic rings. The lowest BCUT2D eigenvalue weighted by Gasteiger charge is -2.41. The van der Waals surface area contributed by atoms with Gasteiger partial charge in [0.1, 0.15) is 5.84 Å². The minimum Gasteiger partial charge on any atom is -0.409 e. The van der Waals surface area contributed by atoms with Gasteiger partial charge in [0.25, 0.3) is 0 Å². The molecule has 16 heavy (non-hydrogen) atoms. The van der Waals surface area contributed by atoms with Gasteiger partial charge in [0.15, 0.2) is 0 Å². The fourth-order valence-corrected chi connectivity index (χ4v) is 2.20. The van der Waals surface area contributed by atoms with Crippen molar-refractivity contribution < 1.29 is 10.3 Å². The highest BCUT2D eigenvalue weighted by atomic mass is 16.4. The summed E-state index contributed by atoms with van der Waals surface area (Å²) in [5, 5.41) is 20.5. The molecule has 0 aliphatic heterocycles. The Morgan fingerprint density at radius 2 is 2.25 bits per heavy atom. The van der Waals surface area contributed by atoms with Gasteiger partial charge in [0.05, 0.1) is 0 Å². The van der Waals surface area contributed by atoms with E-state index < -0.39 is 0 Å². The van der Waals surface area contributed by atoms with Gasteiger partial charge in [-0.05, 0) is 26.2 Å². The first-order valence-corrected chi connectivity index (χ1v) is 6.02. The molecule has 0 saturated heterocycles. The predicted molar refractivity (Wildman–Crippen MR) is 63.5 cm³/mol. The van der Waals surface area contributed by atoms with E-state index in [0.717, 1.165) is 13.0 Å². The number of nitrogens with two attached hydrogens (primary N) is 1. The third-order valence-corrected chi connectivity index (χ3v) is 3.32. The maximum absolute atomic E-state index is 8.88. The van der Waals surface area contributed by atoms with Gasteiger partial charge in [-0.1, -0.05) is 11.6 Å². The molecule has 5 heteroatoms. The molecule has 0 aromatic carbocycles. The molecule has 1 unspecified atom stereocenters. The Morgan fingerprint density at radius 3 is 2.69 bits per heavy atom. The lowest BCUT2D eigenvalue weighted by Crippen LogP contribution is -2.47. The van der Waals surface area contributed by atoms with Gasteiger partial charge >= 0.3 is 0 Å². The third kappa shape index (κ3) is 3.64. The molecule has 0 amide bonds. The van der Waals surface area contributed by atoms with Crippen molar-refractivity contribution in [3.05, 3.63) is 0 Å². The molecule has 5 nitrogen and oxygen atoms in total. The second-order valence-electron chi connectivity index (χ2n) is 4.54. The molecule has 1 atom stereocenters. The summed E-state index contributed by atoms with van der Waals surface area (Å²) in [5.41, 5.74) is 5.52. The van der Waals surface area contributed by atoms with E-state index in [1.54, 1.807) is 0 Å². The van der Waals surface area contributed by atoms with E-state index in [4.69, 9.17) is 16.0 Å². The SMILES string of the molecule is CC(CC(N)=NO)N(CCCO)C1CCC1. The fraction of sp³-hybridized carbons (Fsp3) is 0.909. The minimum atomic E-state index is 0.222. The smallest absolute Gasteiger partial charge is 0.140 e. The van der Waals surface area contributed by atoms with E-state index in [-0.39, 0.29) is 18.5 Å². The molecule has 1 aliphatic rings. The van der Waals surface area contributed by atoms with Crippen molar-refractivity contribution in [2.24, 2.45) is 10.9 Å². The predicted octanol–water partition coefficient (Wildman–Crippen LogP) is 0.748. The summed E-state index contributed by atoms with van der Waals surface area (Å²) in [6.07, 6.45) is 5.11. The molecule has 0 heterocycles. The van der Waals surface area contributed by atoms with Crippen molar-refractivity contribution >= 4 is 5.84 Å². The van der Waals surface area contributed by atoms with Crippen molar-refractivity contribution in [1.29, 1.82) is 0 Å². The number of aliphatic hydroxyl groups is 1. The molecule has 0 bridgehead atoms. The van der Waals surface area contributed by atoms with Gasteiger partial charge in [0, 0.05) is 31.7 Å². The number of hydrogen-bond acceptors (Lipinski definition) is 4. The summed E-state index contributed by atoms with van der Waals surface area (Å²) in [7, 11) is 0. The second-order valence-corrected chi connectivity index (χ2v) is 4.54. The summed E-state index contributed by atoms with van der Waals surface area (Å²) in [4.78, 5) is 2.37. The normalized spacial score (nSPS) is 19.8. The maximum Gasteiger partial charge on any atom is 0.140 e. The number of rotatable bonds is 7. The Bertz CT molecular complexity index is 229. The number of amidine groups is 1. The summed E-state index contributed by atoms with van der Waals surface area (Å²) >= 11 is 0. The van der Waals surface area contributed by atoms with E-state index in [2.05, 4.69) is 17.0 Å². The summed E-state index contributed by atoms with van der Waals surface area (Å²) in [5.74, 6) is 0.279. The highest BCUT2D eigenvalue weighted by molar-refractivity contribution is 5.80. The lowest BCUT2D eigenvalue weighted by atomic mass is 9.90. The molecular formula is C11H23N3O2. The molecule has 1 rings (SSSR count). The van der Waals surface area contributed by atoms with Gasteiger partial charge in [-0.25, -0.2) is 0 Å². The van der Waals surface area contributed by atoms with Gasteiger partial charge in [-0.3, -0.25) is 4.90 Å². The topological polar surface area (TPSA) is 82.1 Å². The van der Waals surface area contributed by atoms with E-state index in [1.807, 2.05) is 0 Å². The van der Waals surface area contributed by atoms with Gasteiger partial charge in [-0.15, -0.1) is 0 Å². The van der Waals surface area contributed by atoms with Crippen LogP contribution in [0.15, 0.2) is 5.16 Å². The average molecular weight is 229 g/mol. The van der Waals surface area contributed by atoms with Gasteiger partial charge < -0.3 is 16.0 Å². The van der Waals surface area contributed by atoms with Gasteiger partial charge in [-0.2, -0.15) is 0 Å². The summed E-state index contributed by atoms with van der Waals surface area (Å²) in [6, 6.07) is 0.890. The minimum absolute atomic E-state index is 0.222. The molecule has 4 N–H and O–H groups in total. The Balaban J connectivity index is 2.45. The molecule has 0 aromatic heterocycles. The molecule has 0 radical (unpaired) electrons. The van der Waals surface area contributed by atoms with Crippen molar-refractivity contribution in [3.63, 3.8) is 0 Å². The van der Waals surface area contributed by atoms with E-state index >= 15 is 0 Å². The zero-order valence-corrected chi connectivity index (χ0v) is 9.97. The summed E-state index contributed by atoms with van der Waals surface area (Å²) in [6.45, 7) is 3.20. The Kier molecular flexibility index (Phi) is 5.55. The Labute approximate surface area is 96.9 Å². The van der Waals surface area contributed by atoms with Crippen LogP contribution in [0.4, 0.5) is 0 Å². The van der Waals surface area contributed by atoms with E-state index in [0.29, 0.717) is 12.5 Å². The number of hydrogen-bond donors (Lipinski definition) is 3. The quantitative estimate of drug-likeness (QED) is 0.260. The maximum atomic E-state index is 8.88. The van der Waals surface area contributed by atoms with Crippen LogP contribution in [0.5, 0.6) is 0 Å². The molecule has 1 saturated carbocycles. The van der Waals surface area contributed by atoms with Crippen molar-refractivity contribution in [1.82, 2.24) is 4.90 Å². The van der Waals surface area contributed by atoms with Crippen LogP contribution in [0.2, 0.25) is 0 Å². The molecule has 0 spiro atoms. The van der Waals surface area contributed by atoms with Crippen LogP contribution < -0.4 is 5.73 Å². The molecule has 1 aliphatic carbocycles. The molecule has 1 fully saturated rings. The highest BCUT2D eigenvalue weighted by Crippen LogP contribution is 2.27. The summed E-state index contributed by atoms with van der Waals surface area (Å²) < 4.78 is 0. The Hall–Kier alpha value is -0.810. The number of nitrogens with zero attached hydrogens (tertiary/aromatic N) is 2. The first-order chi connectivity index (χ1) is 7.69. The van der Waals surface area contributed by atoms with Crippen molar-refractivity contribution in [2.75, 3.05) is 13.2 Å². The first kappa shape index (κ1) is 13.3. The largest absolute Gasteiger partial charge is 0.409 e. The molecular weight excluding hydrogens is 206 g/mol.